The Balaban J connectivity index is 2.36. The number of amides is 1. The summed E-state index contributed by atoms with van der Waals surface area (Å²) in [5.41, 5.74) is 11.8. The third-order valence-electron chi connectivity index (χ3n) is 3.18. The lowest BCUT2D eigenvalue weighted by atomic mass is 10.1. The maximum Gasteiger partial charge on any atom is 0.337 e. The van der Waals surface area contributed by atoms with E-state index in [0.29, 0.717) is 18.7 Å². The highest BCUT2D eigenvalue weighted by molar-refractivity contribution is 5.95. The van der Waals surface area contributed by atoms with Gasteiger partial charge in [0, 0.05) is 17.9 Å². The van der Waals surface area contributed by atoms with Crippen LogP contribution in [0.25, 0.3) is 0 Å². The smallest absolute Gasteiger partial charge is 0.337 e. The van der Waals surface area contributed by atoms with Crippen LogP contribution in [0.3, 0.4) is 0 Å². The van der Waals surface area contributed by atoms with Gasteiger partial charge in [-0.3, -0.25) is 4.79 Å². The fraction of sp³-hybridized carbons (Fsp3) is 0.333. The van der Waals surface area contributed by atoms with Gasteiger partial charge in [-0.2, -0.15) is 0 Å². The van der Waals surface area contributed by atoms with E-state index in [-0.39, 0.29) is 23.2 Å². The van der Waals surface area contributed by atoms with Crippen LogP contribution < -0.4 is 16.4 Å². The second-order valence-electron chi connectivity index (χ2n) is 4.33. The highest BCUT2D eigenvalue weighted by atomic mass is 16.4. The number of rotatable bonds is 3. The minimum Gasteiger partial charge on any atom is -0.478 e. The minimum atomic E-state index is -1.08. The van der Waals surface area contributed by atoms with Crippen molar-refractivity contribution >= 4 is 23.3 Å². The predicted molar refractivity (Wildman–Crippen MR) is 67.4 cm³/mol. The third kappa shape index (κ3) is 2.09. The van der Waals surface area contributed by atoms with E-state index < -0.39 is 5.97 Å². The van der Waals surface area contributed by atoms with Gasteiger partial charge >= 0.3 is 5.97 Å². The Hall–Kier alpha value is -2.24. The standard InChI is InChI=1S/C12H15N3O3/c13-9-4-3-7(6-8(9)12(17)18)15-5-1-2-10(15)11(14)16/h3-4,6,10H,1-2,5,13H2,(H2,14,16)(H,17,18). The second kappa shape index (κ2) is 4.56. The molecule has 0 bridgehead atoms. The molecule has 0 aromatic heterocycles. The molecule has 96 valence electrons. The molecule has 1 heterocycles. The number of hydrogen-bond acceptors (Lipinski definition) is 4. The molecule has 0 aliphatic carbocycles. The maximum absolute atomic E-state index is 11.3. The molecule has 1 unspecified atom stereocenters. The largest absolute Gasteiger partial charge is 0.478 e. The first-order valence-corrected chi connectivity index (χ1v) is 5.69. The first-order chi connectivity index (χ1) is 8.50. The van der Waals surface area contributed by atoms with Crippen LogP contribution in [0.15, 0.2) is 18.2 Å². The molecule has 6 nitrogen and oxygen atoms in total. The number of nitrogens with zero attached hydrogens (tertiary/aromatic N) is 1. The summed E-state index contributed by atoms with van der Waals surface area (Å²) in [7, 11) is 0. The van der Waals surface area contributed by atoms with Gasteiger partial charge in [-0.25, -0.2) is 4.79 Å². The molecular weight excluding hydrogens is 234 g/mol. The Morgan fingerprint density at radius 1 is 1.39 bits per heavy atom. The quantitative estimate of drug-likeness (QED) is 0.672. The molecule has 2 rings (SSSR count). The second-order valence-corrected chi connectivity index (χ2v) is 4.33. The van der Waals surface area contributed by atoms with Crippen molar-refractivity contribution in [1.29, 1.82) is 0 Å². The molecule has 0 radical (unpaired) electrons. The number of carboxylic acid groups (broad SMARTS) is 1. The topological polar surface area (TPSA) is 110 Å². The molecule has 18 heavy (non-hydrogen) atoms. The maximum atomic E-state index is 11.3. The zero-order valence-electron chi connectivity index (χ0n) is 9.80. The fourth-order valence-electron chi connectivity index (χ4n) is 2.28. The van der Waals surface area contributed by atoms with Crippen LogP contribution in [-0.4, -0.2) is 29.6 Å². The average molecular weight is 249 g/mol. The van der Waals surface area contributed by atoms with Gasteiger partial charge in [-0.15, -0.1) is 0 Å². The van der Waals surface area contributed by atoms with Crippen molar-refractivity contribution in [2.75, 3.05) is 17.2 Å². The number of carbonyl (C=O) groups is 2. The molecule has 6 heteroatoms. The number of anilines is 2. The van der Waals surface area contributed by atoms with Crippen molar-refractivity contribution in [2.45, 2.75) is 18.9 Å². The van der Waals surface area contributed by atoms with Crippen molar-refractivity contribution in [3.05, 3.63) is 23.8 Å². The summed E-state index contributed by atoms with van der Waals surface area (Å²) in [6.45, 7) is 0.691. The van der Waals surface area contributed by atoms with Gasteiger partial charge < -0.3 is 21.5 Å². The fourth-order valence-corrected chi connectivity index (χ4v) is 2.28. The molecule has 1 aliphatic rings. The molecule has 0 saturated carbocycles. The van der Waals surface area contributed by atoms with E-state index in [4.69, 9.17) is 16.6 Å². The van der Waals surface area contributed by atoms with Crippen LogP contribution >= 0.6 is 0 Å². The van der Waals surface area contributed by atoms with Crippen molar-refractivity contribution in [1.82, 2.24) is 0 Å². The Morgan fingerprint density at radius 2 is 2.11 bits per heavy atom. The van der Waals surface area contributed by atoms with E-state index in [1.54, 1.807) is 6.07 Å². The number of aromatic carboxylic acids is 1. The SMILES string of the molecule is NC(=O)C1CCCN1c1ccc(N)c(C(=O)O)c1. The molecule has 1 aromatic carbocycles. The first-order valence-electron chi connectivity index (χ1n) is 5.69. The molecule has 0 spiro atoms. The summed E-state index contributed by atoms with van der Waals surface area (Å²) in [6, 6.07) is 4.37. The average Bonchev–Trinajstić information content (AvgIpc) is 2.78. The van der Waals surface area contributed by atoms with E-state index in [1.807, 2.05) is 4.90 Å². The molecule has 1 amide bonds. The molecule has 5 N–H and O–H groups in total. The highest BCUT2D eigenvalue weighted by Crippen LogP contribution is 2.28. The van der Waals surface area contributed by atoms with Crippen LogP contribution in [0.2, 0.25) is 0 Å². The number of benzene rings is 1. The lowest BCUT2D eigenvalue weighted by molar-refractivity contribution is -0.119. The van der Waals surface area contributed by atoms with Crippen molar-refractivity contribution in [2.24, 2.45) is 5.73 Å². The molecule has 1 fully saturated rings. The van der Waals surface area contributed by atoms with Gasteiger partial charge in [-0.05, 0) is 31.0 Å². The number of carboxylic acids is 1. The number of hydrogen-bond donors (Lipinski definition) is 3. The summed E-state index contributed by atoms with van der Waals surface area (Å²) < 4.78 is 0. The van der Waals surface area contributed by atoms with Crippen LogP contribution in [0.1, 0.15) is 23.2 Å². The number of primary amides is 1. The zero-order chi connectivity index (χ0) is 13.3. The van der Waals surface area contributed by atoms with E-state index in [1.165, 1.54) is 12.1 Å². The third-order valence-corrected chi connectivity index (χ3v) is 3.18. The van der Waals surface area contributed by atoms with Gasteiger partial charge in [0.25, 0.3) is 0 Å². The Labute approximate surface area is 104 Å². The zero-order valence-corrected chi connectivity index (χ0v) is 9.80. The molecule has 1 atom stereocenters. The normalized spacial score (nSPS) is 18.9. The lowest BCUT2D eigenvalue weighted by Gasteiger charge is -2.24. The van der Waals surface area contributed by atoms with Gasteiger partial charge in [0.05, 0.1) is 5.56 Å². The summed E-state index contributed by atoms with van der Waals surface area (Å²) >= 11 is 0. The van der Waals surface area contributed by atoms with E-state index in [0.717, 1.165) is 6.42 Å². The molecule has 1 aromatic rings. The highest BCUT2D eigenvalue weighted by Gasteiger charge is 2.29. The Kier molecular flexibility index (Phi) is 3.10. The van der Waals surface area contributed by atoms with Crippen molar-refractivity contribution in [3.8, 4) is 0 Å². The molecule has 1 aliphatic heterocycles. The van der Waals surface area contributed by atoms with Crippen molar-refractivity contribution < 1.29 is 14.7 Å². The molecular formula is C12H15N3O3. The van der Waals surface area contributed by atoms with Crippen LogP contribution in [-0.2, 0) is 4.79 Å². The van der Waals surface area contributed by atoms with Crippen LogP contribution in [0.4, 0.5) is 11.4 Å². The van der Waals surface area contributed by atoms with Gasteiger partial charge in [-0.1, -0.05) is 0 Å². The van der Waals surface area contributed by atoms with Gasteiger partial charge in [0.1, 0.15) is 6.04 Å². The predicted octanol–water partition coefficient (Wildman–Crippen LogP) is 0.421. The summed E-state index contributed by atoms with van der Waals surface area (Å²) in [6.07, 6.45) is 1.56. The Morgan fingerprint density at radius 3 is 2.72 bits per heavy atom. The first kappa shape index (κ1) is 12.2. The van der Waals surface area contributed by atoms with Crippen LogP contribution in [0, 0.1) is 0 Å². The molecule has 1 saturated heterocycles. The summed E-state index contributed by atoms with van der Waals surface area (Å²) in [5.74, 6) is -1.47. The van der Waals surface area contributed by atoms with E-state index in [2.05, 4.69) is 0 Å². The van der Waals surface area contributed by atoms with E-state index >= 15 is 0 Å². The Bertz CT molecular complexity index is 501. The van der Waals surface area contributed by atoms with E-state index in [9.17, 15) is 9.59 Å². The minimum absolute atomic E-state index is 0.0441. The van der Waals surface area contributed by atoms with Crippen LogP contribution in [0.5, 0.6) is 0 Å². The number of nitrogens with two attached hydrogens (primary N) is 2. The summed E-state index contributed by atoms with van der Waals surface area (Å²) in [4.78, 5) is 24.2. The lowest BCUT2D eigenvalue weighted by Crippen LogP contribution is -2.40. The number of nitrogen functional groups attached to an aromatic ring is 1. The summed E-state index contributed by atoms with van der Waals surface area (Å²) in [5, 5.41) is 9.02. The monoisotopic (exact) mass is 249 g/mol. The number of carbonyl (C=O) groups excluding carboxylic acids is 1. The van der Waals surface area contributed by atoms with Gasteiger partial charge in [0.15, 0.2) is 0 Å². The van der Waals surface area contributed by atoms with Crippen molar-refractivity contribution in [3.63, 3.8) is 0 Å². The van der Waals surface area contributed by atoms with Gasteiger partial charge in [0.2, 0.25) is 5.91 Å².